The first-order valence-electron chi connectivity index (χ1n) is 4.31. The van der Waals surface area contributed by atoms with Gasteiger partial charge in [0.25, 0.3) is 0 Å². The van der Waals surface area contributed by atoms with Crippen LogP contribution in [-0.2, 0) is 4.79 Å². The van der Waals surface area contributed by atoms with Gasteiger partial charge < -0.3 is 10.8 Å². The number of hydrogen-bond donors (Lipinski definition) is 3. The third-order valence-electron chi connectivity index (χ3n) is 1.94. The van der Waals surface area contributed by atoms with E-state index in [2.05, 4.69) is 15.6 Å². The van der Waals surface area contributed by atoms with Gasteiger partial charge in [-0.3, -0.25) is 0 Å². The van der Waals surface area contributed by atoms with Gasteiger partial charge in [0.1, 0.15) is 0 Å². The van der Waals surface area contributed by atoms with Crippen LogP contribution in [0.2, 0.25) is 0 Å². The molecule has 7 heteroatoms. The lowest BCUT2D eigenvalue weighted by molar-refractivity contribution is -0.144. The Labute approximate surface area is 81.9 Å². The highest BCUT2D eigenvalue weighted by atomic mass is 16.4. The summed E-state index contributed by atoms with van der Waals surface area (Å²) in [6.45, 7) is 2.00. The summed E-state index contributed by atoms with van der Waals surface area (Å²) in [5, 5.41) is 11.9. The van der Waals surface area contributed by atoms with Gasteiger partial charge in [0, 0.05) is 6.42 Å². The second-order valence-corrected chi connectivity index (χ2v) is 3.18. The van der Waals surface area contributed by atoms with Crippen LogP contribution in [0.4, 0.5) is 0 Å². The van der Waals surface area contributed by atoms with Crippen molar-refractivity contribution in [3.63, 3.8) is 0 Å². The van der Waals surface area contributed by atoms with Crippen LogP contribution >= 0.6 is 0 Å². The first-order chi connectivity index (χ1) is 6.56. The molecule has 0 aliphatic carbocycles. The summed E-state index contributed by atoms with van der Waals surface area (Å²) in [5.41, 5.74) is 14.4. The van der Waals surface area contributed by atoms with E-state index in [9.17, 15) is 4.79 Å². The first-order valence-corrected chi connectivity index (χ1v) is 4.31. The molecule has 0 aromatic carbocycles. The number of azide groups is 1. The fourth-order valence-electron chi connectivity index (χ4n) is 0.966. The number of hydrogen-bond acceptors (Lipinski definition) is 3. The minimum atomic E-state index is -1.21. The quantitative estimate of drug-likeness (QED) is 0.185. The van der Waals surface area contributed by atoms with Gasteiger partial charge in [-0.15, -0.1) is 5.53 Å². The van der Waals surface area contributed by atoms with Crippen molar-refractivity contribution in [2.45, 2.75) is 31.7 Å². The third-order valence-corrected chi connectivity index (χ3v) is 1.94. The Kier molecular flexibility index (Phi) is 5.43. The van der Waals surface area contributed by atoms with Crippen molar-refractivity contribution in [3.8, 4) is 0 Å². The Morgan fingerprint density at radius 2 is 2.36 bits per heavy atom. The van der Waals surface area contributed by atoms with Crippen molar-refractivity contribution >= 4 is 5.97 Å². The predicted octanol–water partition coefficient (Wildman–Crippen LogP) is 0.774. The molecule has 0 amide bonds. The maximum absolute atomic E-state index is 10.8. The highest BCUT2D eigenvalue weighted by Gasteiger charge is 2.35. The van der Waals surface area contributed by atoms with Crippen LogP contribution in [0.3, 0.4) is 0 Å². The monoisotopic (exact) mass is 201 g/mol. The smallest absolute Gasteiger partial charge is 0.351 e. The molecule has 7 nitrogen and oxygen atoms in total. The molecule has 1 atom stereocenters. The molecule has 14 heavy (non-hydrogen) atoms. The third kappa shape index (κ3) is 3.97. The molecule has 0 aromatic rings. The van der Waals surface area contributed by atoms with Crippen LogP contribution in [0.5, 0.6) is 0 Å². The summed E-state index contributed by atoms with van der Waals surface area (Å²) in [7, 11) is 0. The van der Waals surface area contributed by atoms with Crippen LogP contribution in [0.25, 0.3) is 10.4 Å². The average molecular weight is 201 g/mol. The van der Waals surface area contributed by atoms with Crippen LogP contribution < -0.4 is 11.2 Å². The van der Waals surface area contributed by atoms with Gasteiger partial charge in [0.15, 0.2) is 0 Å². The molecule has 0 rings (SSSR count). The minimum Gasteiger partial charge on any atom is -0.478 e. The van der Waals surface area contributed by atoms with Gasteiger partial charge in [-0.1, -0.05) is 0 Å². The van der Waals surface area contributed by atoms with Gasteiger partial charge in [-0.25, -0.2) is 10.2 Å². The molecule has 0 aliphatic heterocycles. The number of carboxylic acids is 1. The molecule has 0 radical (unpaired) electrons. The number of carbonyl (C=O) groups is 1. The van der Waals surface area contributed by atoms with E-state index in [1.807, 2.05) is 0 Å². The largest absolute Gasteiger partial charge is 0.478 e. The zero-order valence-corrected chi connectivity index (χ0v) is 8.10. The highest BCUT2D eigenvalue weighted by Crippen LogP contribution is 2.14. The van der Waals surface area contributed by atoms with Crippen LogP contribution in [0.15, 0.2) is 5.22 Å². The van der Waals surface area contributed by atoms with Crippen LogP contribution in [0.1, 0.15) is 26.2 Å². The lowest BCUT2D eigenvalue weighted by Gasteiger charge is -2.20. The van der Waals surface area contributed by atoms with Gasteiger partial charge in [-0.2, -0.15) is 4.91 Å². The van der Waals surface area contributed by atoms with E-state index >= 15 is 0 Å². The van der Waals surface area contributed by atoms with E-state index < -0.39 is 11.5 Å². The Bertz CT molecular complexity index is 238. The van der Waals surface area contributed by atoms with Crippen molar-refractivity contribution in [1.29, 1.82) is 0 Å². The molecule has 0 saturated heterocycles. The molecule has 0 aromatic heterocycles. The summed E-state index contributed by atoms with van der Waals surface area (Å²) in [5.74, 6) is -1.04. The van der Waals surface area contributed by atoms with Crippen LogP contribution in [0, 0.1) is 0 Å². The van der Waals surface area contributed by atoms with E-state index in [0.29, 0.717) is 19.4 Å². The molecule has 0 saturated carbocycles. The van der Waals surface area contributed by atoms with Gasteiger partial charge in [-0.05, 0) is 31.5 Å². The molecule has 80 valence electrons. The zero-order valence-electron chi connectivity index (χ0n) is 8.10. The standard InChI is InChI=1S/C7H15N5O2/c1-7(6(13)14,10-12-11-9)4-2-3-5-8/h10H,2-5,8H2,1H3,(H,13,14)/t7-/m1/s1. The molecular formula is C7H15N5O2. The lowest BCUT2D eigenvalue weighted by Crippen LogP contribution is -2.46. The van der Waals surface area contributed by atoms with Crippen LogP contribution in [-0.4, -0.2) is 23.2 Å². The van der Waals surface area contributed by atoms with E-state index in [4.69, 9.17) is 16.4 Å². The van der Waals surface area contributed by atoms with E-state index in [0.717, 1.165) is 6.42 Å². The van der Waals surface area contributed by atoms with E-state index in [-0.39, 0.29) is 0 Å². The summed E-state index contributed by atoms with van der Waals surface area (Å²) < 4.78 is 0. The molecule has 0 bridgehead atoms. The molecule has 0 fully saturated rings. The molecule has 4 N–H and O–H groups in total. The number of nitrogens with two attached hydrogens (primary N) is 1. The van der Waals surface area contributed by atoms with Crippen molar-refractivity contribution in [2.24, 2.45) is 11.0 Å². The normalized spacial score (nSPS) is 13.9. The fraction of sp³-hybridized carbons (Fsp3) is 0.857. The summed E-state index contributed by atoms with van der Waals surface area (Å²) >= 11 is 0. The Morgan fingerprint density at radius 1 is 1.71 bits per heavy atom. The molecule has 0 heterocycles. The first kappa shape index (κ1) is 12.5. The van der Waals surface area contributed by atoms with Crippen molar-refractivity contribution in [1.82, 2.24) is 5.43 Å². The second kappa shape index (κ2) is 6.06. The number of carboxylic acid groups (broad SMARTS) is 1. The average Bonchev–Trinajstić information content (AvgIpc) is 2.15. The van der Waals surface area contributed by atoms with Gasteiger partial charge >= 0.3 is 5.97 Å². The number of aliphatic carboxylic acids is 1. The fourth-order valence-corrected chi connectivity index (χ4v) is 0.966. The topological polar surface area (TPSA) is 124 Å². The molecule has 0 aliphatic rings. The maximum atomic E-state index is 10.8. The summed E-state index contributed by atoms with van der Waals surface area (Å²) in [6, 6.07) is 0. The van der Waals surface area contributed by atoms with Gasteiger partial charge in [0.05, 0.1) is 0 Å². The predicted molar refractivity (Wildman–Crippen MR) is 51.2 cm³/mol. The van der Waals surface area contributed by atoms with E-state index in [1.54, 1.807) is 0 Å². The Morgan fingerprint density at radius 3 is 2.79 bits per heavy atom. The number of nitrogens with one attached hydrogen (secondary N) is 1. The van der Waals surface area contributed by atoms with Gasteiger partial charge in [0.2, 0.25) is 5.54 Å². The number of rotatable bonds is 7. The minimum absolute atomic E-state index is 0.374. The summed E-state index contributed by atoms with van der Waals surface area (Å²) in [6.07, 6.45) is 1.80. The van der Waals surface area contributed by atoms with Crippen molar-refractivity contribution < 1.29 is 9.90 Å². The lowest BCUT2D eigenvalue weighted by atomic mass is 9.96. The Hall–Kier alpha value is -1.46. The van der Waals surface area contributed by atoms with E-state index in [1.165, 1.54) is 6.92 Å². The van der Waals surface area contributed by atoms with Crippen molar-refractivity contribution in [3.05, 3.63) is 10.4 Å². The molecule has 0 spiro atoms. The molecule has 0 unspecified atom stereocenters. The summed E-state index contributed by atoms with van der Waals surface area (Å²) in [4.78, 5) is 13.3. The molecular weight excluding hydrogens is 186 g/mol. The number of unbranched alkanes of at least 4 members (excludes halogenated alkanes) is 1. The maximum Gasteiger partial charge on any atom is 0.351 e. The Balaban J connectivity index is 4.23. The van der Waals surface area contributed by atoms with Crippen molar-refractivity contribution in [2.75, 3.05) is 6.54 Å². The highest BCUT2D eigenvalue weighted by molar-refractivity contribution is 5.78. The number of nitrogens with zero attached hydrogens (tertiary/aromatic N) is 3. The SMILES string of the molecule is C[C@](CCCCN)(NN=[N+]=[N-])C(=O)O. The zero-order chi connectivity index (χ0) is 11.0. The second-order valence-electron chi connectivity index (χ2n) is 3.18.